The zero-order chi connectivity index (χ0) is 13.0. The molecule has 2 aromatic rings. The first kappa shape index (κ1) is 12.3. The number of halogens is 1. The van der Waals surface area contributed by atoms with Gasteiger partial charge < -0.3 is 4.74 Å². The van der Waals surface area contributed by atoms with Crippen LogP contribution in [0.3, 0.4) is 0 Å². The lowest BCUT2D eigenvalue weighted by Gasteiger charge is -2.10. The SMILES string of the molecule is Cc1cc(F)ccc1COc1ccccc1C=O. The van der Waals surface area contributed by atoms with Gasteiger partial charge in [0, 0.05) is 0 Å². The van der Waals surface area contributed by atoms with Crippen LogP contribution in [0.1, 0.15) is 21.5 Å². The van der Waals surface area contributed by atoms with Crippen LogP contribution in [-0.4, -0.2) is 6.29 Å². The second-order valence-corrected chi connectivity index (χ2v) is 4.02. The predicted molar refractivity (Wildman–Crippen MR) is 67.3 cm³/mol. The second-order valence-electron chi connectivity index (χ2n) is 4.02. The van der Waals surface area contributed by atoms with E-state index >= 15 is 0 Å². The molecule has 0 N–H and O–H groups in total. The number of carbonyl (C=O) groups is 1. The molecular weight excluding hydrogens is 231 g/mol. The number of aryl methyl sites for hydroxylation is 1. The van der Waals surface area contributed by atoms with Crippen molar-refractivity contribution in [1.29, 1.82) is 0 Å². The van der Waals surface area contributed by atoms with Crippen molar-refractivity contribution < 1.29 is 13.9 Å². The molecule has 0 aromatic heterocycles. The summed E-state index contributed by atoms with van der Waals surface area (Å²) < 4.78 is 18.5. The minimum Gasteiger partial charge on any atom is -0.488 e. The van der Waals surface area contributed by atoms with E-state index in [1.807, 2.05) is 6.92 Å². The van der Waals surface area contributed by atoms with Crippen molar-refractivity contribution >= 4 is 6.29 Å². The zero-order valence-corrected chi connectivity index (χ0v) is 10.0. The average molecular weight is 244 g/mol. The minimum atomic E-state index is -0.260. The first-order chi connectivity index (χ1) is 8.70. The molecule has 0 heterocycles. The van der Waals surface area contributed by atoms with Gasteiger partial charge in [-0.25, -0.2) is 4.39 Å². The summed E-state index contributed by atoms with van der Waals surface area (Å²) in [5, 5.41) is 0. The number of ether oxygens (including phenoxy) is 1. The number of carbonyl (C=O) groups excluding carboxylic acids is 1. The van der Waals surface area contributed by atoms with Gasteiger partial charge in [0.1, 0.15) is 18.2 Å². The molecule has 2 aromatic carbocycles. The monoisotopic (exact) mass is 244 g/mol. The lowest BCUT2D eigenvalue weighted by atomic mass is 10.1. The number of para-hydroxylation sites is 1. The van der Waals surface area contributed by atoms with Gasteiger partial charge >= 0.3 is 0 Å². The lowest BCUT2D eigenvalue weighted by molar-refractivity contribution is 0.111. The summed E-state index contributed by atoms with van der Waals surface area (Å²) in [4.78, 5) is 10.8. The van der Waals surface area contributed by atoms with Crippen molar-refractivity contribution in [3.05, 3.63) is 65.0 Å². The fraction of sp³-hybridized carbons (Fsp3) is 0.133. The molecule has 0 saturated heterocycles. The van der Waals surface area contributed by atoms with Crippen LogP contribution in [0.5, 0.6) is 5.75 Å². The zero-order valence-electron chi connectivity index (χ0n) is 10.0. The number of hydrogen-bond donors (Lipinski definition) is 0. The van der Waals surface area contributed by atoms with Gasteiger partial charge in [0.05, 0.1) is 5.56 Å². The highest BCUT2D eigenvalue weighted by Crippen LogP contribution is 2.18. The highest BCUT2D eigenvalue weighted by Gasteiger charge is 2.04. The summed E-state index contributed by atoms with van der Waals surface area (Å²) in [6, 6.07) is 11.6. The summed E-state index contributed by atoms with van der Waals surface area (Å²) in [7, 11) is 0. The number of rotatable bonds is 4. The fourth-order valence-corrected chi connectivity index (χ4v) is 1.69. The summed E-state index contributed by atoms with van der Waals surface area (Å²) in [5.41, 5.74) is 2.24. The van der Waals surface area contributed by atoms with Gasteiger partial charge in [-0.1, -0.05) is 18.2 Å². The largest absolute Gasteiger partial charge is 0.488 e. The van der Waals surface area contributed by atoms with Crippen molar-refractivity contribution in [1.82, 2.24) is 0 Å². The van der Waals surface area contributed by atoms with Crippen LogP contribution in [0.2, 0.25) is 0 Å². The Morgan fingerprint density at radius 3 is 2.72 bits per heavy atom. The average Bonchev–Trinajstić information content (AvgIpc) is 2.38. The van der Waals surface area contributed by atoms with E-state index in [1.54, 1.807) is 30.3 Å². The van der Waals surface area contributed by atoms with E-state index in [4.69, 9.17) is 4.74 Å². The Morgan fingerprint density at radius 1 is 1.22 bits per heavy atom. The quantitative estimate of drug-likeness (QED) is 0.769. The Labute approximate surface area is 105 Å². The molecular formula is C15H13FO2. The molecule has 0 aliphatic rings. The summed E-state index contributed by atoms with van der Waals surface area (Å²) in [5.74, 6) is 0.278. The third-order valence-electron chi connectivity index (χ3n) is 2.73. The van der Waals surface area contributed by atoms with Crippen LogP contribution in [-0.2, 0) is 6.61 Å². The van der Waals surface area contributed by atoms with E-state index in [0.717, 1.165) is 17.4 Å². The van der Waals surface area contributed by atoms with E-state index in [-0.39, 0.29) is 5.82 Å². The van der Waals surface area contributed by atoms with Crippen LogP contribution in [0.15, 0.2) is 42.5 Å². The highest BCUT2D eigenvalue weighted by atomic mass is 19.1. The molecule has 0 aliphatic carbocycles. The van der Waals surface area contributed by atoms with Gasteiger partial charge in [-0.05, 0) is 42.3 Å². The van der Waals surface area contributed by atoms with Crippen molar-refractivity contribution in [3.8, 4) is 5.75 Å². The molecule has 2 nitrogen and oxygen atoms in total. The Balaban J connectivity index is 2.14. The van der Waals surface area contributed by atoms with Crippen molar-refractivity contribution in [2.75, 3.05) is 0 Å². The molecule has 92 valence electrons. The maximum atomic E-state index is 12.9. The fourth-order valence-electron chi connectivity index (χ4n) is 1.69. The number of hydrogen-bond acceptors (Lipinski definition) is 2. The Kier molecular flexibility index (Phi) is 3.72. The molecule has 2 rings (SSSR count). The Morgan fingerprint density at radius 2 is 2.00 bits per heavy atom. The van der Waals surface area contributed by atoms with Crippen LogP contribution >= 0.6 is 0 Å². The number of aldehydes is 1. The summed E-state index contributed by atoms with van der Waals surface area (Å²) >= 11 is 0. The lowest BCUT2D eigenvalue weighted by Crippen LogP contribution is -2.00. The molecule has 18 heavy (non-hydrogen) atoms. The highest BCUT2D eigenvalue weighted by molar-refractivity contribution is 5.79. The van der Waals surface area contributed by atoms with Crippen molar-refractivity contribution in [2.45, 2.75) is 13.5 Å². The second kappa shape index (κ2) is 5.45. The summed E-state index contributed by atoms with van der Waals surface area (Å²) in [6.45, 7) is 2.14. The molecule has 0 amide bonds. The van der Waals surface area contributed by atoms with Crippen molar-refractivity contribution in [3.63, 3.8) is 0 Å². The van der Waals surface area contributed by atoms with Gasteiger partial charge in [-0.2, -0.15) is 0 Å². The molecule has 0 radical (unpaired) electrons. The molecule has 0 atom stereocenters. The number of benzene rings is 2. The van der Waals surface area contributed by atoms with Crippen LogP contribution < -0.4 is 4.74 Å². The molecule has 0 aliphatic heterocycles. The van der Waals surface area contributed by atoms with E-state index in [2.05, 4.69) is 0 Å². The normalized spacial score (nSPS) is 10.1. The van der Waals surface area contributed by atoms with E-state index in [0.29, 0.717) is 17.9 Å². The van der Waals surface area contributed by atoms with Crippen LogP contribution in [0, 0.1) is 12.7 Å². The Bertz CT molecular complexity index is 564. The van der Waals surface area contributed by atoms with E-state index in [1.165, 1.54) is 12.1 Å². The van der Waals surface area contributed by atoms with Crippen LogP contribution in [0.25, 0.3) is 0 Å². The molecule has 0 unspecified atom stereocenters. The molecule has 0 saturated carbocycles. The molecule has 0 bridgehead atoms. The van der Waals surface area contributed by atoms with Crippen molar-refractivity contribution in [2.24, 2.45) is 0 Å². The third kappa shape index (κ3) is 2.74. The maximum Gasteiger partial charge on any atom is 0.153 e. The molecule has 0 fully saturated rings. The first-order valence-corrected chi connectivity index (χ1v) is 5.63. The first-order valence-electron chi connectivity index (χ1n) is 5.63. The molecule has 0 spiro atoms. The smallest absolute Gasteiger partial charge is 0.153 e. The standard InChI is InChI=1S/C15H13FO2/c1-11-8-14(16)7-6-13(11)10-18-15-5-3-2-4-12(15)9-17/h2-9H,10H2,1H3. The minimum absolute atomic E-state index is 0.260. The van der Waals surface area contributed by atoms with Gasteiger partial charge in [0.25, 0.3) is 0 Å². The maximum absolute atomic E-state index is 12.9. The summed E-state index contributed by atoms with van der Waals surface area (Å²) in [6.07, 6.45) is 0.757. The van der Waals surface area contributed by atoms with Gasteiger partial charge in [-0.3, -0.25) is 4.79 Å². The predicted octanol–water partition coefficient (Wildman–Crippen LogP) is 3.53. The van der Waals surface area contributed by atoms with Gasteiger partial charge in [-0.15, -0.1) is 0 Å². The van der Waals surface area contributed by atoms with Gasteiger partial charge in [0.2, 0.25) is 0 Å². The Hall–Kier alpha value is -2.16. The van der Waals surface area contributed by atoms with Gasteiger partial charge in [0.15, 0.2) is 6.29 Å². The third-order valence-corrected chi connectivity index (χ3v) is 2.73. The van der Waals surface area contributed by atoms with E-state index < -0.39 is 0 Å². The van der Waals surface area contributed by atoms with E-state index in [9.17, 15) is 9.18 Å². The molecule has 3 heteroatoms. The topological polar surface area (TPSA) is 26.3 Å². The van der Waals surface area contributed by atoms with Crippen LogP contribution in [0.4, 0.5) is 4.39 Å².